The van der Waals surface area contributed by atoms with Crippen molar-refractivity contribution in [3.63, 3.8) is 0 Å². The topological polar surface area (TPSA) is 142 Å². The number of rotatable bonds is 7. The van der Waals surface area contributed by atoms with Crippen LogP contribution in [0.5, 0.6) is 0 Å². The Hall–Kier alpha value is -4.84. The second-order valence-corrected chi connectivity index (χ2v) is 9.99. The number of H-pyrrole nitrogens is 2. The van der Waals surface area contributed by atoms with Gasteiger partial charge in [-0.2, -0.15) is 5.10 Å². The van der Waals surface area contributed by atoms with Gasteiger partial charge < -0.3 is 10.3 Å². The highest BCUT2D eigenvalue weighted by atomic mass is 32.1. The van der Waals surface area contributed by atoms with Crippen LogP contribution in [0.1, 0.15) is 36.4 Å². The molecule has 10 nitrogen and oxygen atoms in total. The molecule has 0 unspecified atom stereocenters. The number of thiophene rings is 1. The Morgan fingerprint density at radius 3 is 2.72 bits per heavy atom. The highest BCUT2D eigenvalue weighted by molar-refractivity contribution is 7.17. The number of amides is 1. The molecule has 6 aromatic rings. The van der Waals surface area contributed by atoms with E-state index in [0.717, 1.165) is 4.88 Å². The summed E-state index contributed by atoms with van der Waals surface area (Å²) < 4.78 is 16.0. The van der Waals surface area contributed by atoms with Crippen molar-refractivity contribution in [3.8, 4) is 33.3 Å². The van der Waals surface area contributed by atoms with Crippen LogP contribution in [0.15, 0.2) is 49.1 Å². The number of hydrogen-bond acceptors (Lipinski definition) is 8. The summed E-state index contributed by atoms with van der Waals surface area (Å²) in [7, 11) is 0. The van der Waals surface area contributed by atoms with Gasteiger partial charge in [0.05, 0.1) is 44.3 Å². The molecule has 0 aromatic carbocycles. The number of aromatic amines is 2. The summed E-state index contributed by atoms with van der Waals surface area (Å²) >= 11 is 1.34. The average Bonchev–Trinajstić information content (AvgIpc) is 3.67. The van der Waals surface area contributed by atoms with E-state index in [4.69, 9.17) is 4.98 Å². The van der Waals surface area contributed by atoms with Crippen LogP contribution in [0.25, 0.3) is 55.3 Å². The van der Waals surface area contributed by atoms with E-state index in [1.165, 1.54) is 36.9 Å². The normalized spacial score (nSPS) is 11.4. The maximum absolute atomic E-state index is 16.0. The zero-order chi connectivity index (χ0) is 27.1. The fourth-order valence-corrected chi connectivity index (χ4v) is 5.22. The molecular weight excluding hydrogens is 519 g/mol. The minimum Gasteiger partial charge on any atom is -0.336 e. The number of nitrogens with zero attached hydrogens (tertiary/aromatic N) is 5. The van der Waals surface area contributed by atoms with E-state index in [1.807, 2.05) is 13.0 Å². The van der Waals surface area contributed by atoms with E-state index in [0.29, 0.717) is 57.0 Å². The molecule has 6 rings (SSSR count). The van der Waals surface area contributed by atoms with Gasteiger partial charge in [0.1, 0.15) is 22.6 Å². The van der Waals surface area contributed by atoms with Gasteiger partial charge in [0.2, 0.25) is 5.91 Å². The first kappa shape index (κ1) is 24.5. The summed E-state index contributed by atoms with van der Waals surface area (Å²) in [5, 5.41) is 10.1. The van der Waals surface area contributed by atoms with Crippen molar-refractivity contribution in [2.24, 2.45) is 0 Å². The van der Waals surface area contributed by atoms with Crippen LogP contribution in [-0.4, -0.2) is 46.8 Å². The predicted molar refractivity (Wildman–Crippen MR) is 147 cm³/mol. The van der Waals surface area contributed by atoms with Gasteiger partial charge in [-0.1, -0.05) is 6.92 Å². The number of halogens is 1. The van der Waals surface area contributed by atoms with Gasteiger partial charge in [0.25, 0.3) is 0 Å². The van der Waals surface area contributed by atoms with Gasteiger partial charge in [-0.25, -0.2) is 9.37 Å². The van der Waals surface area contributed by atoms with E-state index in [-0.39, 0.29) is 28.5 Å². The SMILES string of the molecule is CCCC(=O)Nc1cncc(-c2ncc3[nH]nc(-c4nc5c(-c6ccc(C(C)=O)s6)nccc5[nH]4)c3c2F)c1. The van der Waals surface area contributed by atoms with Gasteiger partial charge in [-0.3, -0.25) is 29.6 Å². The number of carbonyl (C=O) groups excluding carboxylic acids is 2. The zero-order valence-corrected chi connectivity index (χ0v) is 21.7. The molecule has 0 fully saturated rings. The maximum Gasteiger partial charge on any atom is 0.224 e. The Morgan fingerprint density at radius 2 is 1.92 bits per heavy atom. The third kappa shape index (κ3) is 4.44. The second kappa shape index (κ2) is 9.80. The number of ketones is 1. The molecule has 39 heavy (non-hydrogen) atoms. The lowest BCUT2D eigenvalue weighted by atomic mass is 10.1. The molecule has 0 aliphatic carbocycles. The Labute approximate surface area is 224 Å². The van der Waals surface area contributed by atoms with Gasteiger partial charge >= 0.3 is 0 Å². The number of pyridine rings is 3. The highest BCUT2D eigenvalue weighted by Gasteiger charge is 2.22. The molecule has 1 amide bonds. The molecule has 0 spiro atoms. The summed E-state index contributed by atoms with van der Waals surface area (Å²) in [5.41, 5.74) is 3.50. The summed E-state index contributed by atoms with van der Waals surface area (Å²) in [4.78, 5) is 46.1. The molecule has 0 radical (unpaired) electrons. The first-order valence-electron chi connectivity index (χ1n) is 12.2. The maximum atomic E-state index is 16.0. The fraction of sp³-hybridized carbons (Fsp3) is 0.148. The number of hydrogen-bond donors (Lipinski definition) is 3. The molecule has 0 bridgehead atoms. The summed E-state index contributed by atoms with van der Waals surface area (Å²) in [6.45, 7) is 3.43. The van der Waals surface area contributed by atoms with Crippen LogP contribution >= 0.6 is 11.3 Å². The van der Waals surface area contributed by atoms with E-state index in [1.54, 1.807) is 24.4 Å². The first-order valence-corrected chi connectivity index (χ1v) is 13.0. The fourth-order valence-electron chi connectivity index (χ4n) is 4.32. The number of imidazole rings is 1. The zero-order valence-electron chi connectivity index (χ0n) is 20.9. The molecule has 3 N–H and O–H groups in total. The Bertz CT molecular complexity index is 1890. The smallest absolute Gasteiger partial charge is 0.224 e. The standard InChI is InChI=1S/C27H21FN8O2S/c1-3-4-20(38)32-15-9-14(10-29-11-15)23-22(28)21-17(12-31-23)35-36-26(21)27-33-16-7-8-30-25(24(16)34-27)19-6-5-18(39-19)13(2)37/h5-12H,3-4H2,1-2H3,(H,32,38)(H,33,34)(H,35,36). The Balaban J connectivity index is 1.43. The van der Waals surface area contributed by atoms with Crippen LogP contribution in [0.2, 0.25) is 0 Å². The quantitative estimate of drug-likeness (QED) is 0.218. The molecule has 6 aromatic heterocycles. The monoisotopic (exact) mass is 540 g/mol. The predicted octanol–water partition coefficient (Wildman–Crippen LogP) is 5.77. The minimum absolute atomic E-state index is 0.0203. The number of Topliss-reactive ketones (excluding diaryl/α,β-unsaturated/α-hetero) is 1. The van der Waals surface area contributed by atoms with Crippen molar-refractivity contribution in [1.82, 2.24) is 35.1 Å². The Morgan fingerprint density at radius 1 is 1.05 bits per heavy atom. The van der Waals surface area contributed by atoms with E-state index in [9.17, 15) is 9.59 Å². The van der Waals surface area contributed by atoms with Gasteiger partial charge in [-0.15, -0.1) is 11.3 Å². The van der Waals surface area contributed by atoms with Gasteiger partial charge in [-0.05, 0) is 37.6 Å². The lowest BCUT2D eigenvalue weighted by molar-refractivity contribution is -0.116. The molecule has 0 saturated carbocycles. The lowest BCUT2D eigenvalue weighted by Crippen LogP contribution is -2.10. The lowest BCUT2D eigenvalue weighted by Gasteiger charge is -2.07. The van der Waals surface area contributed by atoms with Crippen molar-refractivity contribution in [1.29, 1.82) is 0 Å². The van der Waals surface area contributed by atoms with E-state index < -0.39 is 5.82 Å². The summed E-state index contributed by atoms with van der Waals surface area (Å²) in [6, 6.07) is 7.01. The van der Waals surface area contributed by atoms with Gasteiger partial charge in [0.15, 0.2) is 17.4 Å². The molecule has 0 aliphatic rings. The number of fused-ring (bicyclic) bond motifs is 2. The molecule has 194 valence electrons. The summed E-state index contributed by atoms with van der Waals surface area (Å²) in [6.07, 6.45) is 7.22. The average molecular weight is 541 g/mol. The van der Waals surface area contributed by atoms with Crippen LogP contribution in [-0.2, 0) is 4.79 Å². The van der Waals surface area contributed by atoms with Crippen molar-refractivity contribution >= 4 is 50.7 Å². The van der Waals surface area contributed by atoms with Crippen LogP contribution in [0.3, 0.4) is 0 Å². The second-order valence-electron chi connectivity index (χ2n) is 8.90. The highest BCUT2D eigenvalue weighted by Crippen LogP contribution is 2.35. The van der Waals surface area contributed by atoms with Crippen LogP contribution < -0.4 is 5.32 Å². The number of aromatic nitrogens is 7. The van der Waals surface area contributed by atoms with E-state index in [2.05, 4.69) is 35.5 Å². The van der Waals surface area contributed by atoms with Crippen molar-refractivity contribution in [2.45, 2.75) is 26.7 Å². The van der Waals surface area contributed by atoms with Crippen LogP contribution in [0, 0.1) is 5.82 Å². The number of anilines is 1. The largest absolute Gasteiger partial charge is 0.336 e. The third-order valence-electron chi connectivity index (χ3n) is 6.13. The van der Waals surface area contributed by atoms with Crippen molar-refractivity contribution in [3.05, 3.63) is 59.7 Å². The molecular formula is C27H21FN8O2S. The Kier molecular flexibility index (Phi) is 6.15. The number of nitrogens with one attached hydrogen (secondary N) is 3. The molecule has 0 aliphatic heterocycles. The minimum atomic E-state index is -0.599. The molecule has 6 heterocycles. The molecule has 0 atom stereocenters. The van der Waals surface area contributed by atoms with Gasteiger partial charge in [0, 0.05) is 24.4 Å². The van der Waals surface area contributed by atoms with E-state index >= 15 is 4.39 Å². The van der Waals surface area contributed by atoms with Crippen molar-refractivity contribution in [2.75, 3.05) is 5.32 Å². The number of carbonyl (C=O) groups is 2. The van der Waals surface area contributed by atoms with Crippen LogP contribution in [0.4, 0.5) is 10.1 Å². The summed E-state index contributed by atoms with van der Waals surface area (Å²) in [5.74, 6) is -0.411. The van der Waals surface area contributed by atoms with Crippen molar-refractivity contribution < 1.29 is 14.0 Å². The molecule has 0 saturated heterocycles. The molecule has 12 heteroatoms. The first-order chi connectivity index (χ1) is 18.9. The third-order valence-corrected chi connectivity index (χ3v) is 7.32.